The van der Waals surface area contributed by atoms with Crippen LogP contribution in [0.3, 0.4) is 0 Å². The molecule has 0 bridgehead atoms. The molecule has 0 aromatic carbocycles. The third-order valence-electron chi connectivity index (χ3n) is 4.22. The second-order valence-corrected chi connectivity index (χ2v) is 5.60. The number of hydrogen-bond acceptors (Lipinski definition) is 3. The average Bonchev–Trinajstić information content (AvgIpc) is 3.00. The molecule has 1 saturated carbocycles. The van der Waals surface area contributed by atoms with Crippen molar-refractivity contribution in [3.63, 3.8) is 0 Å². The monoisotopic (exact) mass is 249 g/mol. The van der Waals surface area contributed by atoms with Crippen LogP contribution in [0.25, 0.3) is 0 Å². The topological polar surface area (TPSA) is 39.1 Å². The summed E-state index contributed by atoms with van der Waals surface area (Å²) < 4.78 is 8.20. The second kappa shape index (κ2) is 5.41. The number of aromatic nitrogens is 2. The zero-order valence-corrected chi connectivity index (χ0v) is 11.2. The molecule has 1 aliphatic carbocycles. The fraction of sp³-hybridized carbons (Fsp3) is 0.786. The third kappa shape index (κ3) is 2.45. The molecule has 4 heteroatoms. The Balaban J connectivity index is 1.56. The lowest BCUT2D eigenvalue weighted by atomic mass is 10.1. The van der Waals surface area contributed by atoms with Crippen molar-refractivity contribution in [2.24, 2.45) is 5.92 Å². The van der Waals surface area contributed by atoms with Crippen LogP contribution in [-0.4, -0.2) is 22.7 Å². The van der Waals surface area contributed by atoms with Gasteiger partial charge >= 0.3 is 0 Å². The minimum absolute atomic E-state index is 0.363. The molecular weight excluding hydrogens is 226 g/mol. The summed E-state index contributed by atoms with van der Waals surface area (Å²) >= 11 is 0. The van der Waals surface area contributed by atoms with Gasteiger partial charge in [0.2, 0.25) is 0 Å². The summed E-state index contributed by atoms with van der Waals surface area (Å²) in [7, 11) is 0. The van der Waals surface area contributed by atoms with Crippen molar-refractivity contribution >= 4 is 0 Å². The van der Waals surface area contributed by atoms with E-state index in [-0.39, 0.29) is 0 Å². The van der Waals surface area contributed by atoms with Crippen molar-refractivity contribution < 1.29 is 4.74 Å². The molecule has 2 heterocycles. The van der Waals surface area contributed by atoms with E-state index in [2.05, 4.69) is 21.8 Å². The lowest BCUT2D eigenvalue weighted by molar-refractivity contribution is 0.0842. The van der Waals surface area contributed by atoms with E-state index >= 15 is 0 Å². The van der Waals surface area contributed by atoms with Crippen LogP contribution >= 0.6 is 0 Å². The molecule has 0 spiro atoms. The van der Waals surface area contributed by atoms with Crippen molar-refractivity contribution in [1.29, 1.82) is 0 Å². The molecule has 100 valence electrons. The maximum absolute atomic E-state index is 5.88. The van der Waals surface area contributed by atoms with Gasteiger partial charge in [-0.2, -0.15) is 0 Å². The highest BCUT2D eigenvalue weighted by Gasteiger charge is 2.20. The molecule has 3 rings (SSSR count). The van der Waals surface area contributed by atoms with E-state index in [4.69, 9.17) is 4.74 Å². The highest BCUT2D eigenvalue weighted by Crippen LogP contribution is 2.25. The number of nitrogens with one attached hydrogen (secondary N) is 1. The molecule has 1 fully saturated rings. The van der Waals surface area contributed by atoms with Crippen LogP contribution in [0.5, 0.6) is 0 Å². The van der Waals surface area contributed by atoms with Crippen LogP contribution in [0.2, 0.25) is 0 Å². The van der Waals surface area contributed by atoms with Crippen LogP contribution in [-0.2, 0) is 17.9 Å². The minimum Gasteiger partial charge on any atom is -0.375 e. The third-order valence-corrected chi connectivity index (χ3v) is 4.22. The van der Waals surface area contributed by atoms with Crippen molar-refractivity contribution in [3.05, 3.63) is 17.7 Å². The molecule has 4 nitrogen and oxygen atoms in total. The minimum atomic E-state index is 0.363. The van der Waals surface area contributed by atoms with Crippen molar-refractivity contribution in [2.75, 3.05) is 13.2 Å². The first kappa shape index (κ1) is 12.2. The number of ether oxygens (including phenoxy) is 1. The standard InChI is InChI=1S/C14H23N3O/c1-11-14-16-8-13(17(14)7-6-15-11)10-18-9-12-4-2-3-5-12/h8,11-12,15H,2-7,9-10H2,1H3. The zero-order chi connectivity index (χ0) is 12.4. The quantitative estimate of drug-likeness (QED) is 0.889. The Morgan fingerprint density at radius 3 is 3.11 bits per heavy atom. The Bertz CT molecular complexity index is 396. The van der Waals surface area contributed by atoms with Gasteiger partial charge in [0.05, 0.1) is 24.5 Å². The van der Waals surface area contributed by atoms with E-state index in [9.17, 15) is 0 Å². The van der Waals surface area contributed by atoms with Crippen molar-refractivity contribution in [1.82, 2.24) is 14.9 Å². The van der Waals surface area contributed by atoms with Gasteiger partial charge in [0.15, 0.2) is 0 Å². The van der Waals surface area contributed by atoms with Crippen LogP contribution < -0.4 is 5.32 Å². The smallest absolute Gasteiger partial charge is 0.125 e. The first-order chi connectivity index (χ1) is 8.84. The van der Waals surface area contributed by atoms with Gasteiger partial charge in [-0.1, -0.05) is 12.8 Å². The SMILES string of the molecule is CC1NCCn2c(COCC3CCCC3)cnc21. The number of hydrogen-bond donors (Lipinski definition) is 1. The van der Waals surface area contributed by atoms with Gasteiger partial charge in [0.25, 0.3) is 0 Å². The summed E-state index contributed by atoms with van der Waals surface area (Å²) in [6, 6.07) is 0.363. The van der Waals surface area contributed by atoms with E-state index in [1.807, 2.05) is 6.20 Å². The highest BCUT2D eigenvalue weighted by atomic mass is 16.5. The Morgan fingerprint density at radius 2 is 2.28 bits per heavy atom. The average molecular weight is 249 g/mol. The summed E-state index contributed by atoms with van der Waals surface area (Å²) in [5.74, 6) is 1.95. The van der Waals surface area contributed by atoms with E-state index in [1.165, 1.54) is 31.4 Å². The lowest BCUT2D eigenvalue weighted by Crippen LogP contribution is -2.32. The fourth-order valence-electron chi connectivity index (χ4n) is 3.14. The molecule has 1 aromatic heterocycles. The highest BCUT2D eigenvalue weighted by molar-refractivity contribution is 5.09. The zero-order valence-electron chi connectivity index (χ0n) is 11.2. The first-order valence-corrected chi connectivity index (χ1v) is 7.20. The molecule has 0 saturated heterocycles. The van der Waals surface area contributed by atoms with Gasteiger partial charge in [-0.3, -0.25) is 0 Å². The maximum atomic E-state index is 5.88. The molecule has 18 heavy (non-hydrogen) atoms. The van der Waals surface area contributed by atoms with E-state index in [0.717, 1.165) is 38.0 Å². The molecule has 1 atom stereocenters. The molecule has 0 amide bonds. The molecule has 1 aliphatic heterocycles. The van der Waals surface area contributed by atoms with Gasteiger partial charge in [-0.25, -0.2) is 4.98 Å². The summed E-state index contributed by atoms with van der Waals surface area (Å²) in [5, 5.41) is 3.43. The van der Waals surface area contributed by atoms with Gasteiger partial charge in [0.1, 0.15) is 5.82 Å². The summed E-state index contributed by atoms with van der Waals surface area (Å²) in [6.07, 6.45) is 7.46. The molecule has 0 radical (unpaired) electrons. The van der Waals surface area contributed by atoms with Gasteiger partial charge in [-0.15, -0.1) is 0 Å². The van der Waals surface area contributed by atoms with Gasteiger partial charge in [0, 0.05) is 19.7 Å². The summed E-state index contributed by atoms with van der Waals surface area (Å²) in [4.78, 5) is 4.51. The predicted molar refractivity (Wildman–Crippen MR) is 70.3 cm³/mol. The Kier molecular flexibility index (Phi) is 3.66. The largest absolute Gasteiger partial charge is 0.375 e. The van der Waals surface area contributed by atoms with Crippen LogP contribution in [0.15, 0.2) is 6.20 Å². The molecule has 1 unspecified atom stereocenters. The lowest BCUT2D eigenvalue weighted by Gasteiger charge is -2.23. The second-order valence-electron chi connectivity index (χ2n) is 5.60. The Labute approximate surface area is 109 Å². The van der Waals surface area contributed by atoms with Crippen LogP contribution in [0.1, 0.15) is 50.2 Å². The van der Waals surface area contributed by atoms with E-state index < -0.39 is 0 Å². The Morgan fingerprint density at radius 1 is 1.44 bits per heavy atom. The van der Waals surface area contributed by atoms with Crippen LogP contribution in [0.4, 0.5) is 0 Å². The van der Waals surface area contributed by atoms with Gasteiger partial charge in [-0.05, 0) is 25.7 Å². The first-order valence-electron chi connectivity index (χ1n) is 7.20. The molecular formula is C14H23N3O. The van der Waals surface area contributed by atoms with Crippen molar-refractivity contribution in [3.8, 4) is 0 Å². The predicted octanol–water partition coefficient (Wildman–Crippen LogP) is 2.25. The van der Waals surface area contributed by atoms with E-state index in [0.29, 0.717) is 6.04 Å². The van der Waals surface area contributed by atoms with Gasteiger partial charge < -0.3 is 14.6 Å². The van der Waals surface area contributed by atoms with E-state index in [1.54, 1.807) is 0 Å². The Hall–Kier alpha value is -0.870. The summed E-state index contributed by atoms with van der Waals surface area (Å²) in [6.45, 7) is 5.85. The number of imidazole rings is 1. The molecule has 1 aromatic rings. The van der Waals surface area contributed by atoms with Crippen LogP contribution in [0, 0.1) is 5.92 Å². The number of nitrogens with zero attached hydrogens (tertiary/aromatic N) is 2. The fourth-order valence-corrected chi connectivity index (χ4v) is 3.14. The molecule has 1 N–H and O–H groups in total. The van der Waals surface area contributed by atoms with Crippen molar-refractivity contribution in [2.45, 2.75) is 51.8 Å². The maximum Gasteiger partial charge on any atom is 0.125 e. The summed E-state index contributed by atoms with van der Waals surface area (Å²) in [5.41, 5.74) is 1.23. The number of rotatable bonds is 4. The number of fused-ring (bicyclic) bond motifs is 1. The molecule has 2 aliphatic rings. The normalized spacial score (nSPS) is 24.4.